The molecule has 1 fully saturated rings. The molecule has 0 aromatic heterocycles. The average molecular weight is 283 g/mol. The summed E-state index contributed by atoms with van der Waals surface area (Å²) in [5.41, 5.74) is 0. The molecule has 0 saturated heterocycles. The highest BCUT2D eigenvalue weighted by Gasteiger charge is 2.27. The van der Waals surface area contributed by atoms with E-state index >= 15 is 0 Å². The minimum atomic E-state index is 0.746. The smallest absolute Gasteiger partial charge is 0.0107 e. The maximum atomic E-state index is 3.81. The third-order valence-electron chi connectivity index (χ3n) is 5.05. The molecule has 3 unspecified atom stereocenters. The Kier molecular flexibility index (Phi) is 9.54. The van der Waals surface area contributed by atoms with Crippen LogP contribution in [0.25, 0.3) is 0 Å². The standard InChI is InChI=1S/C18H38N2/c1-5-8-14-20(16(4)7-3)15-17-11-9-10-12-18(17)19-13-6-2/h16-19H,5-15H2,1-4H3. The molecule has 2 heteroatoms. The lowest BCUT2D eigenvalue weighted by Gasteiger charge is -2.38. The van der Waals surface area contributed by atoms with Crippen molar-refractivity contribution in [3.8, 4) is 0 Å². The molecular weight excluding hydrogens is 244 g/mol. The van der Waals surface area contributed by atoms with Crippen molar-refractivity contribution in [2.24, 2.45) is 5.92 Å². The molecule has 0 radical (unpaired) electrons. The van der Waals surface area contributed by atoms with Crippen molar-refractivity contribution < 1.29 is 0 Å². The molecule has 0 amide bonds. The topological polar surface area (TPSA) is 15.3 Å². The fraction of sp³-hybridized carbons (Fsp3) is 1.00. The molecule has 0 aromatic carbocycles. The Morgan fingerprint density at radius 2 is 1.85 bits per heavy atom. The van der Waals surface area contributed by atoms with E-state index in [9.17, 15) is 0 Å². The lowest BCUT2D eigenvalue weighted by molar-refractivity contribution is 0.131. The summed E-state index contributed by atoms with van der Waals surface area (Å²) in [5, 5.41) is 3.81. The van der Waals surface area contributed by atoms with E-state index in [1.54, 1.807) is 0 Å². The minimum Gasteiger partial charge on any atom is -0.314 e. The molecule has 0 spiro atoms. The first-order valence-corrected chi connectivity index (χ1v) is 9.20. The van der Waals surface area contributed by atoms with E-state index in [1.165, 1.54) is 71.0 Å². The summed E-state index contributed by atoms with van der Waals surface area (Å²) in [5.74, 6) is 0.876. The molecule has 3 atom stereocenters. The Morgan fingerprint density at radius 3 is 2.50 bits per heavy atom. The van der Waals surface area contributed by atoms with E-state index in [0.717, 1.165) is 18.0 Å². The monoisotopic (exact) mass is 282 g/mol. The van der Waals surface area contributed by atoms with Gasteiger partial charge in [-0.05, 0) is 58.0 Å². The quantitative estimate of drug-likeness (QED) is 0.637. The van der Waals surface area contributed by atoms with Crippen LogP contribution in [-0.4, -0.2) is 36.6 Å². The zero-order valence-electron chi connectivity index (χ0n) is 14.5. The molecule has 1 aliphatic carbocycles. The molecule has 1 rings (SSSR count). The Balaban J connectivity index is 2.53. The number of hydrogen-bond donors (Lipinski definition) is 1. The predicted molar refractivity (Wildman–Crippen MR) is 90.3 cm³/mol. The van der Waals surface area contributed by atoms with E-state index in [2.05, 4.69) is 37.9 Å². The van der Waals surface area contributed by atoms with Gasteiger partial charge in [-0.1, -0.05) is 40.0 Å². The van der Waals surface area contributed by atoms with Crippen molar-refractivity contribution in [1.29, 1.82) is 0 Å². The van der Waals surface area contributed by atoms with Gasteiger partial charge in [-0.15, -0.1) is 0 Å². The van der Waals surface area contributed by atoms with Crippen LogP contribution in [0.3, 0.4) is 0 Å². The molecule has 1 N–H and O–H groups in total. The van der Waals surface area contributed by atoms with Gasteiger partial charge < -0.3 is 10.2 Å². The summed E-state index contributed by atoms with van der Waals surface area (Å²) in [4.78, 5) is 2.76. The zero-order valence-corrected chi connectivity index (χ0v) is 14.5. The van der Waals surface area contributed by atoms with Crippen LogP contribution in [0, 0.1) is 5.92 Å². The summed E-state index contributed by atoms with van der Waals surface area (Å²) in [7, 11) is 0. The third kappa shape index (κ3) is 6.13. The lowest BCUT2D eigenvalue weighted by atomic mass is 9.83. The normalized spacial score (nSPS) is 25.1. The van der Waals surface area contributed by atoms with Crippen molar-refractivity contribution >= 4 is 0 Å². The van der Waals surface area contributed by atoms with Crippen molar-refractivity contribution in [1.82, 2.24) is 10.2 Å². The van der Waals surface area contributed by atoms with Gasteiger partial charge >= 0.3 is 0 Å². The van der Waals surface area contributed by atoms with Crippen molar-refractivity contribution in [2.75, 3.05) is 19.6 Å². The van der Waals surface area contributed by atoms with Gasteiger partial charge in [-0.3, -0.25) is 0 Å². The summed E-state index contributed by atoms with van der Waals surface area (Å²) >= 11 is 0. The van der Waals surface area contributed by atoms with Crippen LogP contribution >= 0.6 is 0 Å². The first-order chi connectivity index (χ1) is 9.72. The van der Waals surface area contributed by atoms with Crippen LogP contribution in [0.2, 0.25) is 0 Å². The highest BCUT2D eigenvalue weighted by atomic mass is 15.2. The molecule has 1 saturated carbocycles. The van der Waals surface area contributed by atoms with Gasteiger partial charge in [-0.2, -0.15) is 0 Å². The number of nitrogens with zero attached hydrogens (tertiary/aromatic N) is 1. The third-order valence-corrected chi connectivity index (χ3v) is 5.05. The van der Waals surface area contributed by atoms with Gasteiger partial charge in [0.25, 0.3) is 0 Å². The van der Waals surface area contributed by atoms with E-state index in [4.69, 9.17) is 0 Å². The molecule has 0 aromatic rings. The number of nitrogens with one attached hydrogen (secondary N) is 1. The Hall–Kier alpha value is -0.0800. The minimum absolute atomic E-state index is 0.746. The lowest BCUT2D eigenvalue weighted by Crippen LogP contribution is -2.46. The van der Waals surface area contributed by atoms with E-state index in [-0.39, 0.29) is 0 Å². The summed E-state index contributed by atoms with van der Waals surface area (Å²) in [6.07, 6.45) is 10.9. The summed E-state index contributed by atoms with van der Waals surface area (Å²) in [6.45, 7) is 13.1. The molecule has 0 bridgehead atoms. The second-order valence-electron chi connectivity index (χ2n) is 6.71. The largest absolute Gasteiger partial charge is 0.314 e. The van der Waals surface area contributed by atoms with Crippen LogP contribution < -0.4 is 5.32 Å². The highest BCUT2D eigenvalue weighted by molar-refractivity contribution is 4.84. The van der Waals surface area contributed by atoms with Crippen molar-refractivity contribution in [2.45, 2.75) is 91.1 Å². The second-order valence-corrected chi connectivity index (χ2v) is 6.71. The molecule has 120 valence electrons. The number of rotatable bonds is 10. The van der Waals surface area contributed by atoms with E-state index < -0.39 is 0 Å². The fourth-order valence-electron chi connectivity index (χ4n) is 3.44. The molecule has 0 heterocycles. The molecule has 0 aliphatic heterocycles. The van der Waals surface area contributed by atoms with Crippen LogP contribution in [0.1, 0.15) is 79.1 Å². The highest BCUT2D eigenvalue weighted by Crippen LogP contribution is 2.26. The Labute approximate surface area is 127 Å². The van der Waals surface area contributed by atoms with E-state index in [0.29, 0.717) is 0 Å². The Morgan fingerprint density at radius 1 is 1.10 bits per heavy atom. The zero-order chi connectivity index (χ0) is 14.8. The molecule has 20 heavy (non-hydrogen) atoms. The van der Waals surface area contributed by atoms with Crippen LogP contribution in [-0.2, 0) is 0 Å². The molecular formula is C18H38N2. The van der Waals surface area contributed by atoms with Crippen LogP contribution in [0.15, 0.2) is 0 Å². The maximum Gasteiger partial charge on any atom is 0.0107 e. The molecule has 1 aliphatic rings. The van der Waals surface area contributed by atoms with Crippen molar-refractivity contribution in [3.05, 3.63) is 0 Å². The van der Waals surface area contributed by atoms with Crippen molar-refractivity contribution in [3.63, 3.8) is 0 Å². The van der Waals surface area contributed by atoms with Gasteiger partial charge in [0.05, 0.1) is 0 Å². The van der Waals surface area contributed by atoms with Gasteiger partial charge in [0.15, 0.2) is 0 Å². The van der Waals surface area contributed by atoms with Crippen LogP contribution in [0.5, 0.6) is 0 Å². The first-order valence-electron chi connectivity index (χ1n) is 9.20. The van der Waals surface area contributed by atoms with Gasteiger partial charge in [0, 0.05) is 18.6 Å². The SMILES string of the molecule is CCCCN(CC1CCCCC1NCCC)C(C)CC. The molecule has 2 nitrogen and oxygen atoms in total. The van der Waals surface area contributed by atoms with Crippen LogP contribution in [0.4, 0.5) is 0 Å². The first kappa shape index (κ1) is 18.0. The summed E-state index contributed by atoms with van der Waals surface area (Å²) in [6, 6.07) is 1.52. The average Bonchev–Trinajstić information content (AvgIpc) is 2.49. The predicted octanol–water partition coefficient (Wildman–Crippen LogP) is 4.45. The summed E-state index contributed by atoms with van der Waals surface area (Å²) < 4.78 is 0. The fourth-order valence-corrected chi connectivity index (χ4v) is 3.44. The van der Waals surface area contributed by atoms with Gasteiger partial charge in [0.1, 0.15) is 0 Å². The maximum absolute atomic E-state index is 3.81. The number of unbranched alkanes of at least 4 members (excludes halogenated alkanes) is 1. The Bertz CT molecular complexity index is 229. The van der Waals surface area contributed by atoms with Gasteiger partial charge in [0.2, 0.25) is 0 Å². The van der Waals surface area contributed by atoms with Gasteiger partial charge in [-0.25, -0.2) is 0 Å². The second kappa shape index (κ2) is 10.6. The number of hydrogen-bond acceptors (Lipinski definition) is 2. The van der Waals surface area contributed by atoms with E-state index in [1.807, 2.05) is 0 Å².